The number of carboxylic acids is 1. The minimum atomic E-state index is -1.18. The molecular formula is C17H23NO3. The molecule has 4 nitrogen and oxygen atoms in total. The summed E-state index contributed by atoms with van der Waals surface area (Å²) in [5, 5.41) is 11.9. The van der Waals surface area contributed by atoms with Crippen LogP contribution in [0.5, 0.6) is 0 Å². The first-order valence-electron chi connectivity index (χ1n) is 7.32. The molecule has 1 aromatic carbocycles. The van der Waals surface area contributed by atoms with Crippen LogP contribution in [0.1, 0.15) is 57.7 Å². The first-order valence-corrected chi connectivity index (χ1v) is 7.32. The Hall–Kier alpha value is -1.84. The third-order valence-corrected chi connectivity index (χ3v) is 4.22. The maximum absolute atomic E-state index is 12.1. The van der Waals surface area contributed by atoms with E-state index in [-0.39, 0.29) is 17.4 Å². The van der Waals surface area contributed by atoms with Crippen molar-refractivity contribution in [2.45, 2.75) is 52.0 Å². The van der Waals surface area contributed by atoms with E-state index in [1.54, 1.807) is 0 Å². The number of nitrogens with one attached hydrogen (secondary N) is 1. The molecule has 0 bridgehead atoms. The first-order chi connectivity index (χ1) is 9.67. The summed E-state index contributed by atoms with van der Waals surface area (Å²) in [7, 11) is 0. The molecule has 0 heterocycles. The van der Waals surface area contributed by atoms with Gasteiger partial charge < -0.3 is 10.4 Å². The summed E-state index contributed by atoms with van der Waals surface area (Å²) in [5.74, 6) is -1.39. The molecular weight excluding hydrogens is 266 g/mol. The van der Waals surface area contributed by atoms with Gasteiger partial charge in [-0.05, 0) is 36.3 Å². The van der Waals surface area contributed by atoms with Gasteiger partial charge in [0.25, 0.3) is 0 Å². The normalized spacial score (nSPS) is 17.9. The van der Waals surface area contributed by atoms with Gasteiger partial charge in [0.1, 0.15) is 5.41 Å². The molecule has 4 heteroatoms. The number of aliphatic carboxylic acids is 1. The lowest BCUT2D eigenvalue weighted by Crippen LogP contribution is -2.38. The third-order valence-electron chi connectivity index (χ3n) is 4.22. The minimum Gasteiger partial charge on any atom is -0.480 e. The Kier molecular flexibility index (Phi) is 3.83. The number of rotatable bonds is 4. The molecule has 0 aliphatic heterocycles. The maximum Gasteiger partial charge on any atom is 0.319 e. The SMILES string of the molecule is CC(NC(=O)C1(C(=O)O)CC1)c1ccc(C(C)(C)C)cc1. The van der Waals surface area contributed by atoms with Gasteiger partial charge in [-0.1, -0.05) is 45.0 Å². The lowest BCUT2D eigenvalue weighted by molar-refractivity contribution is -0.149. The van der Waals surface area contributed by atoms with Crippen LogP contribution < -0.4 is 5.32 Å². The van der Waals surface area contributed by atoms with Gasteiger partial charge in [0.15, 0.2) is 0 Å². The summed E-state index contributed by atoms with van der Waals surface area (Å²) in [6.45, 7) is 8.33. The molecule has 1 unspecified atom stereocenters. The zero-order chi connectivity index (χ0) is 15.8. The fourth-order valence-electron chi connectivity index (χ4n) is 2.35. The second kappa shape index (κ2) is 5.17. The molecule has 2 N–H and O–H groups in total. The van der Waals surface area contributed by atoms with E-state index < -0.39 is 11.4 Å². The number of carbonyl (C=O) groups is 2. The van der Waals surface area contributed by atoms with E-state index in [4.69, 9.17) is 5.11 Å². The van der Waals surface area contributed by atoms with Crippen LogP contribution in [0, 0.1) is 5.41 Å². The van der Waals surface area contributed by atoms with E-state index >= 15 is 0 Å². The Bertz CT molecular complexity index is 550. The maximum atomic E-state index is 12.1. The van der Waals surface area contributed by atoms with Gasteiger partial charge in [-0.25, -0.2) is 0 Å². The van der Waals surface area contributed by atoms with E-state index in [9.17, 15) is 9.59 Å². The van der Waals surface area contributed by atoms with Crippen molar-refractivity contribution in [2.24, 2.45) is 5.41 Å². The van der Waals surface area contributed by atoms with Gasteiger partial charge in [-0.2, -0.15) is 0 Å². The highest BCUT2D eigenvalue weighted by atomic mass is 16.4. The molecule has 0 saturated heterocycles. The average Bonchev–Trinajstić information content (AvgIpc) is 3.19. The van der Waals surface area contributed by atoms with Gasteiger partial charge in [0.2, 0.25) is 5.91 Å². The zero-order valence-corrected chi connectivity index (χ0v) is 13.1. The van der Waals surface area contributed by atoms with Gasteiger partial charge in [0.05, 0.1) is 6.04 Å². The van der Waals surface area contributed by atoms with Crippen LogP contribution in [-0.4, -0.2) is 17.0 Å². The molecule has 1 aromatic rings. The second-order valence-electron chi connectivity index (χ2n) is 6.95. The summed E-state index contributed by atoms with van der Waals surface area (Å²) >= 11 is 0. The Labute approximate surface area is 125 Å². The summed E-state index contributed by atoms with van der Waals surface area (Å²) < 4.78 is 0. The average molecular weight is 289 g/mol. The summed E-state index contributed by atoms with van der Waals surface area (Å²) in [4.78, 5) is 23.2. The van der Waals surface area contributed by atoms with Crippen molar-refractivity contribution in [3.05, 3.63) is 35.4 Å². The van der Waals surface area contributed by atoms with E-state index in [1.165, 1.54) is 5.56 Å². The van der Waals surface area contributed by atoms with Crippen LogP contribution in [0.4, 0.5) is 0 Å². The highest BCUT2D eigenvalue weighted by Crippen LogP contribution is 2.46. The Balaban J connectivity index is 2.06. The molecule has 1 fully saturated rings. The summed E-state index contributed by atoms with van der Waals surface area (Å²) in [6.07, 6.45) is 0.869. The third kappa shape index (κ3) is 3.09. The summed E-state index contributed by atoms with van der Waals surface area (Å²) in [5.41, 5.74) is 1.12. The standard InChI is InChI=1S/C17H23NO3/c1-11(18-14(19)17(9-10-17)15(20)21)12-5-7-13(8-6-12)16(2,3)4/h5-8,11H,9-10H2,1-4H3,(H,18,19)(H,20,21). The quantitative estimate of drug-likeness (QED) is 0.837. The van der Waals surface area contributed by atoms with E-state index in [0.29, 0.717) is 12.8 Å². The van der Waals surface area contributed by atoms with Crippen LogP contribution in [0.2, 0.25) is 0 Å². The number of hydrogen-bond donors (Lipinski definition) is 2. The van der Waals surface area contributed by atoms with Crippen molar-refractivity contribution in [3.63, 3.8) is 0 Å². The number of benzene rings is 1. The van der Waals surface area contributed by atoms with Crippen LogP contribution in [-0.2, 0) is 15.0 Å². The Morgan fingerprint density at radius 2 is 1.71 bits per heavy atom. The van der Waals surface area contributed by atoms with Crippen molar-refractivity contribution < 1.29 is 14.7 Å². The topological polar surface area (TPSA) is 66.4 Å². The fourth-order valence-corrected chi connectivity index (χ4v) is 2.35. The first kappa shape index (κ1) is 15.5. The molecule has 0 spiro atoms. The molecule has 114 valence electrons. The van der Waals surface area contributed by atoms with Crippen LogP contribution in [0.3, 0.4) is 0 Å². The van der Waals surface area contributed by atoms with Crippen molar-refractivity contribution in [1.82, 2.24) is 5.32 Å². The second-order valence-corrected chi connectivity index (χ2v) is 6.95. The van der Waals surface area contributed by atoms with Crippen LogP contribution >= 0.6 is 0 Å². The highest BCUT2D eigenvalue weighted by Gasteiger charge is 2.57. The number of amides is 1. The van der Waals surface area contributed by atoms with Crippen molar-refractivity contribution in [3.8, 4) is 0 Å². The van der Waals surface area contributed by atoms with Gasteiger partial charge in [0, 0.05) is 0 Å². The highest BCUT2D eigenvalue weighted by molar-refractivity contribution is 6.04. The lowest BCUT2D eigenvalue weighted by atomic mass is 9.86. The van der Waals surface area contributed by atoms with E-state index in [1.807, 2.05) is 19.1 Å². The van der Waals surface area contributed by atoms with E-state index in [2.05, 4.69) is 38.2 Å². The molecule has 21 heavy (non-hydrogen) atoms. The lowest BCUT2D eigenvalue weighted by Gasteiger charge is -2.21. The molecule has 0 aromatic heterocycles. The molecule has 1 amide bonds. The van der Waals surface area contributed by atoms with Gasteiger partial charge in [-0.15, -0.1) is 0 Å². The number of hydrogen-bond acceptors (Lipinski definition) is 2. The predicted molar refractivity (Wildman–Crippen MR) is 81.0 cm³/mol. The largest absolute Gasteiger partial charge is 0.480 e. The summed E-state index contributed by atoms with van der Waals surface area (Å²) in [6, 6.07) is 7.91. The molecule has 0 radical (unpaired) electrons. The monoisotopic (exact) mass is 289 g/mol. The molecule has 1 aliphatic carbocycles. The number of carbonyl (C=O) groups excluding carboxylic acids is 1. The van der Waals surface area contributed by atoms with Crippen molar-refractivity contribution in [2.75, 3.05) is 0 Å². The molecule has 1 aliphatic rings. The fraction of sp³-hybridized carbons (Fsp3) is 0.529. The van der Waals surface area contributed by atoms with Gasteiger partial charge in [-0.3, -0.25) is 9.59 Å². The van der Waals surface area contributed by atoms with Gasteiger partial charge >= 0.3 is 5.97 Å². The minimum absolute atomic E-state index is 0.0897. The van der Waals surface area contributed by atoms with Crippen molar-refractivity contribution >= 4 is 11.9 Å². The number of carboxylic acid groups (broad SMARTS) is 1. The molecule has 1 atom stereocenters. The molecule has 2 rings (SSSR count). The molecule has 1 saturated carbocycles. The van der Waals surface area contributed by atoms with E-state index in [0.717, 1.165) is 5.56 Å². The Morgan fingerprint density at radius 3 is 2.10 bits per heavy atom. The zero-order valence-electron chi connectivity index (χ0n) is 13.1. The predicted octanol–water partition coefficient (Wildman–Crippen LogP) is 3.03. The Morgan fingerprint density at radius 1 is 1.19 bits per heavy atom. The van der Waals surface area contributed by atoms with Crippen LogP contribution in [0.15, 0.2) is 24.3 Å². The van der Waals surface area contributed by atoms with Crippen LogP contribution in [0.25, 0.3) is 0 Å². The smallest absolute Gasteiger partial charge is 0.319 e. The van der Waals surface area contributed by atoms with Crippen molar-refractivity contribution in [1.29, 1.82) is 0 Å².